The van der Waals surface area contributed by atoms with Gasteiger partial charge in [-0.1, -0.05) is 19.3 Å². The monoisotopic (exact) mass is 277 g/mol. The number of nitrogens with zero attached hydrogens (tertiary/aromatic N) is 2. The molecule has 0 atom stereocenters. The van der Waals surface area contributed by atoms with Crippen LogP contribution in [0.25, 0.3) is 0 Å². The van der Waals surface area contributed by atoms with Gasteiger partial charge in [-0.2, -0.15) is 0 Å². The number of amides is 1. The van der Waals surface area contributed by atoms with E-state index in [9.17, 15) is 4.79 Å². The van der Waals surface area contributed by atoms with Gasteiger partial charge in [-0.05, 0) is 18.8 Å². The molecule has 1 fully saturated rings. The zero-order valence-corrected chi connectivity index (χ0v) is 11.9. The Morgan fingerprint density at radius 2 is 2.10 bits per heavy atom. The van der Waals surface area contributed by atoms with E-state index in [1.165, 1.54) is 32.1 Å². The molecule has 1 aromatic rings. The molecule has 1 saturated carbocycles. The van der Waals surface area contributed by atoms with Crippen LogP contribution in [-0.4, -0.2) is 40.7 Å². The third-order valence-corrected chi connectivity index (χ3v) is 4.48. The summed E-state index contributed by atoms with van der Waals surface area (Å²) in [6, 6.07) is 0. The number of imidazole rings is 1. The van der Waals surface area contributed by atoms with Gasteiger partial charge >= 0.3 is 6.09 Å². The number of H-pyrrole nitrogens is 1. The van der Waals surface area contributed by atoms with E-state index in [1.54, 1.807) is 6.33 Å². The van der Waals surface area contributed by atoms with Gasteiger partial charge in [0.2, 0.25) is 0 Å². The number of aromatic nitrogens is 2. The second-order valence-electron chi connectivity index (χ2n) is 5.90. The molecule has 110 valence electrons. The standard InChI is InChI=1S/C15H23N3O2/c19-15(20-10-12-4-2-1-3-5-12)18-8-6-13-14(7-9-18)17-11-16-13/h11-12H,1-10H2,(H,16,17). The Hall–Kier alpha value is -1.52. The molecule has 3 rings (SSSR count). The molecule has 1 aromatic heterocycles. The average molecular weight is 277 g/mol. The minimum absolute atomic E-state index is 0.152. The van der Waals surface area contributed by atoms with Crippen LogP contribution < -0.4 is 0 Å². The molecule has 0 bridgehead atoms. The largest absolute Gasteiger partial charge is 0.449 e. The summed E-state index contributed by atoms with van der Waals surface area (Å²) in [4.78, 5) is 21.4. The summed E-state index contributed by atoms with van der Waals surface area (Å²) in [7, 11) is 0. The number of hydrogen-bond acceptors (Lipinski definition) is 3. The van der Waals surface area contributed by atoms with Gasteiger partial charge in [-0.25, -0.2) is 9.78 Å². The van der Waals surface area contributed by atoms with E-state index in [2.05, 4.69) is 9.97 Å². The fraction of sp³-hybridized carbons (Fsp3) is 0.733. The molecule has 0 saturated heterocycles. The lowest BCUT2D eigenvalue weighted by Gasteiger charge is -2.24. The topological polar surface area (TPSA) is 58.2 Å². The van der Waals surface area contributed by atoms with Crippen molar-refractivity contribution in [3.63, 3.8) is 0 Å². The molecule has 5 heteroatoms. The van der Waals surface area contributed by atoms with Crippen molar-refractivity contribution in [3.8, 4) is 0 Å². The summed E-state index contributed by atoms with van der Waals surface area (Å²) in [5.74, 6) is 0.578. The molecule has 5 nitrogen and oxygen atoms in total. The maximum atomic E-state index is 12.1. The number of carbonyl (C=O) groups excluding carboxylic acids is 1. The summed E-state index contributed by atoms with van der Waals surface area (Å²) < 4.78 is 5.51. The van der Waals surface area contributed by atoms with E-state index in [0.29, 0.717) is 19.1 Å². The van der Waals surface area contributed by atoms with Crippen molar-refractivity contribution in [1.29, 1.82) is 0 Å². The minimum Gasteiger partial charge on any atom is -0.449 e. The molecule has 2 heterocycles. The summed E-state index contributed by atoms with van der Waals surface area (Å²) >= 11 is 0. The highest BCUT2D eigenvalue weighted by Crippen LogP contribution is 2.24. The maximum Gasteiger partial charge on any atom is 0.409 e. The second kappa shape index (κ2) is 6.29. The molecule has 0 unspecified atom stereocenters. The zero-order valence-electron chi connectivity index (χ0n) is 11.9. The molecule has 1 aliphatic carbocycles. The highest BCUT2D eigenvalue weighted by molar-refractivity contribution is 5.67. The van der Waals surface area contributed by atoms with Crippen LogP contribution in [0.15, 0.2) is 6.33 Å². The van der Waals surface area contributed by atoms with E-state index >= 15 is 0 Å². The van der Waals surface area contributed by atoms with Crippen molar-refractivity contribution in [2.45, 2.75) is 44.9 Å². The van der Waals surface area contributed by atoms with Crippen LogP contribution in [-0.2, 0) is 17.6 Å². The van der Waals surface area contributed by atoms with Gasteiger partial charge in [0.15, 0.2) is 0 Å². The van der Waals surface area contributed by atoms with Crippen LogP contribution in [0.1, 0.15) is 43.5 Å². The lowest BCUT2D eigenvalue weighted by atomic mass is 9.90. The molecular weight excluding hydrogens is 254 g/mol. The molecule has 0 aromatic carbocycles. The van der Waals surface area contributed by atoms with Crippen LogP contribution in [0, 0.1) is 5.92 Å². The van der Waals surface area contributed by atoms with Crippen LogP contribution in [0.2, 0.25) is 0 Å². The Morgan fingerprint density at radius 1 is 1.30 bits per heavy atom. The Bertz CT molecular complexity index is 429. The quantitative estimate of drug-likeness (QED) is 0.903. The van der Waals surface area contributed by atoms with Gasteiger partial charge in [0, 0.05) is 31.6 Å². The molecule has 1 N–H and O–H groups in total. The van der Waals surface area contributed by atoms with Crippen molar-refractivity contribution in [1.82, 2.24) is 14.9 Å². The van der Waals surface area contributed by atoms with Gasteiger partial charge in [0.25, 0.3) is 0 Å². The number of rotatable bonds is 2. The Morgan fingerprint density at radius 3 is 2.95 bits per heavy atom. The number of aromatic amines is 1. The number of hydrogen-bond donors (Lipinski definition) is 1. The van der Waals surface area contributed by atoms with Gasteiger partial charge in [-0.3, -0.25) is 0 Å². The third kappa shape index (κ3) is 3.14. The van der Waals surface area contributed by atoms with E-state index in [4.69, 9.17) is 4.74 Å². The first-order chi connectivity index (χ1) is 9.83. The minimum atomic E-state index is -0.152. The number of ether oxygens (including phenoxy) is 1. The van der Waals surface area contributed by atoms with Crippen molar-refractivity contribution in [3.05, 3.63) is 17.7 Å². The highest BCUT2D eigenvalue weighted by atomic mass is 16.6. The first-order valence-electron chi connectivity index (χ1n) is 7.76. The smallest absolute Gasteiger partial charge is 0.409 e. The van der Waals surface area contributed by atoms with Crippen molar-refractivity contribution < 1.29 is 9.53 Å². The van der Waals surface area contributed by atoms with Crippen LogP contribution in [0.5, 0.6) is 0 Å². The van der Waals surface area contributed by atoms with E-state index in [-0.39, 0.29) is 6.09 Å². The summed E-state index contributed by atoms with van der Waals surface area (Å²) in [6.07, 6.45) is 9.57. The SMILES string of the molecule is O=C(OCC1CCCCC1)N1CCc2nc[nH]c2CC1. The zero-order chi connectivity index (χ0) is 13.8. The fourth-order valence-corrected chi connectivity index (χ4v) is 3.20. The maximum absolute atomic E-state index is 12.1. The van der Waals surface area contributed by atoms with Crippen molar-refractivity contribution in [2.75, 3.05) is 19.7 Å². The number of fused-ring (bicyclic) bond motifs is 1. The van der Waals surface area contributed by atoms with Crippen LogP contribution in [0.4, 0.5) is 4.79 Å². The Labute approximate surface area is 119 Å². The summed E-state index contributed by atoms with van der Waals surface area (Å²) in [5.41, 5.74) is 2.25. The van der Waals surface area contributed by atoms with Gasteiger partial charge < -0.3 is 14.6 Å². The second-order valence-corrected chi connectivity index (χ2v) is 5.90. The molecule has 0 spiro atoms. The molecular formula is C15H23N3O2. The molecule has 0 radical (unpaired) electrons. The molecule has 2 aliphatic rings. The van der Waals surface area contributed by atoms with E-state index in [1.807, 2.05) is 4.90 Å². The Kier molecular flexibility index (Phi) is 4.23. The lowest BCUT2D eigenvalue weighted by Crippen LogP contribution is -2.35. The number of nitrogens with one attached hydrogen (secondary N) is 1. The predicted octanol–water partition coefficient (Wildman–Crippen LogP) is 2.53. The normalized spacial score (nSPS) is 20.3. The molecule has 1 aliphatic heterocycles. The van der Waals surface area contributed by atoms with Gasteiger partial charge in [0.05, 0.1) is 18.6 Å². The summed E-state index contributed by atoms with van der Waals surface area (Å²) in [6.45, 7) is 2.03. The first kappa shape index (κ1) is 13.5. The van der Waals surface area contributed by atoms with Crippen LogP contribution >= 0.6 is 0 Å². The van der Waals surface area contributed by atoms with E-state index in [0.717, 1.165) is 30.8 Å². The van der Waals surface area contributed by atoms with Crippen molar-refractivity contribution in [2.24, 2.45) is 5.92 Å². The Balaban J connectivity index is 1.46. The van der Waals surface area contributed by atoms with E-state index < -0.39 is 0 Å². The molecule has 1 amide bonds. The number of carbonyl (C=O) groups is 1. The summed E-state index contributed by atoms with van der Waals surface area (Å²) in [5, 5.41) is 0. The molecule has 20 heavy (non-hydrogen) atoms. The van der Waals surface area contributed by atoms with Gasteiger partial charge in [0.1, 0.15) is 0 Å². The van der Waals surface area contributed by atoms with Crippen LogP contribution in [0.3, 0.4) is 0 Å². The first-order valence-corrected chi connectivity index (χ1v) is 7.76. The lowest BCUT2D eigenvalue weighted by molar-refractivity contribution is 0.0815. The van der Waals surface area contributed by atoms with Gasteiger partial charge in [-0.15, -0.1) is 0 Å². The fourth-order valence-electron chi connectivity index (χ4n) is 3.20. The third-order valence-electron chi connectivity index (χ3n) is 4.48. The van der Waals surface area contributed by atoms with Crippen molar-refractivity contribution >= 4 is 6.09 Å². The predicted molar refractivity (Wildman–Crippen MR) is 75.5 cm³/mol. The average Bonchev–Trinajstić information content (AvgIpc) is 2.84. The highest BCUT2D eigenvalue weighted by Gasteiger charge is 2.22.